The summed E-state index contributed by atoms with van der Waals surface area (Å²) in [6.45, 7) is 0.344. The summed E-state index contributed by atoms with van der Waals surface area (Å²) in [5.41, 5.74) is 3.37. The van der Waals surface area contributed by atoms with Crippen molar-refractivity contribution in [3.05, 3.63) is 101 Å². The van der Waals surface area contributed by atoms with E-state index in [9.17, 15) is 20.2 Å². The molecule has 0 unspecified atom stereocenters. The Morgan fingerprint density at radius 1 is 0.935 bits per heavy atom. The first-order valence-corrected chi connectivity index (χ1v) is 10.3. The van der Waals surface area contributed by atoms with Crippen molar-refractivity contribution in [2.45, 2.75) is 6.61 Å². The zero-order valence-electron chi connectivity index (χ0n) is 15.7. The summed E-state index contributed by atoms with van der Waals surface area (Å²) in [5, 5.41) is 26.1. The zero-order chi connectivity index (χ0) is 22.4. The molecule has 0 atom stereocenters. The van der Waals surface area contributed by atoms with Crippen LogP contribution in [-0.2, 0) is 6.61 Å². The summed E-state index contributed by atoms with van der Waals surface area (Å²) < 4.78 is 7.66. The van der Waals surface area contributed by atoms with Gasteiger partial charge < -0.3 is 4.74 Å². The predicted molar refractivity (Wildman–Crippen MR) is 124 cm³/mol. The average molecular weight is 550 g/mol. The van der Waals surface area contributed by atoms with E-state index in [0.717, 1.165) is 26.6 Å². The second-order valence-electron chi connectivity index (χ2n) is 6.18. The third kappa shape index (κ3) is 6.09. The summed E-state index contributed by atoms with van der Waals surface area (Å²) in [7, 11) is 0. The largest absolute Gasteiger partial charge is 0.488 e. The van der Waals surface area contributed by atoms with E-state index in [4.69, 9.17) is 4.74 Å². The van der Waals surface area contributed by atoms with Crippen LogP contribution in [0.15, 0.2) is 74.7 Å². The second kappa shape index (κ2) is 10.1. The lowest BCUT2D eigenvalue weighted by atomic mass is 10.2. The van der Waals surface area contributed by atoms with Gasteiger partial charge in [0, 0.05) is 20.6 Å². The number of nitro benzene ring substituents is 2. The van der Waals surface area contributed by atoms with Crippen LogP contribution in [0.3, 0.4) is 0 Å². The molecular formula is C20H14Br2N4O5. The van der Waals surface area contributed by atoms with E-state index in [1.165, 1.54) is 12.3 Å². The van der Waals surface area contributed by atoms with Gasteiger partial charge in [-0.05, 0) is 42.0 Å². The Morgan fingerprint density at radius 3 is 2.32 bits per heavy atom. The smallest absolute Gasteiger partial charge is 0.301 e. The van der Waals surface area contributed by atoms with E-state index >= 15 is 0 Å². The van der Waals surface area contributed by atoms with Gasteiger partial charge >= 0.3 is 5.69 Å². The van der Waals surface area contributed by atoms with Gasteiger partial charge in [-0.1, -0.05) is 44.0 Å². The van der Waals surface area contributed by atoms with Crippen LogP contribution in [0.25, 0.3) is 0 Å². The minimum absolute atomic E-state index is 0.0270. The van der Waals surface area contributed by atoms with Crippen molar-refractivity contribution in [1.82, 2.24) is 0 Å². The fourth-order valence-corrected chi connectivity index (χ4v) is 3.19. The minimum Gasteiger partial charge on any atom is -0.488 e. The maximum absolute atomic E-state index is 11.2. The number of non-ortho nitro benzene ring substituents is 1. The Morgan fingerprint density at radius 2 is 1.65 bits per heavy atom. The number of hydrazone groups is 1. The van der Waals surface area contributed by atoms with Crippen LogP contribution in [0, 0.1) is 20.2 Å². The molecule has 0 aliphatic rings. The first-order chi connectivity index (χ1) is 14.8. The fourth-order valence-electron chi connectivity index (χ4n) is 2.54. The first kappa shape index (κ1) is 22.4. The van der Waals surface area contributed by atoms with Crippen molar-refractivity contribution in [2.75, 3.05) is 5.43 Å². The van der Waals surface area contributed by atoms with Gasteiger partial charge in [0.15, 0.2) is 0 Å². The molecule has 0 aromatic heterocycles. The highest BCUT2D eigenvalue weighted by molar-refractivity contribution is 9.10. The standard InChI is InChI=1S/C20H14Br2N4O5/c21-15-3-1-13(2-4-15)12-31-20-8-5-16(22)9-14(20)11-23-24-18-7-6-17(25(27)28)10-19(18)26(29)30/h1-11,24H,12H2/b23-11+. The van der Waals surface area contributed by atoms with Crippen LogP contribution in [-0.4, -0.2) is 16.1 Å². The minimum atomic E-state index is -0.712. The molecule has 0 aliphatic carbocycles. The van der Waals surface area contributed by atoms with E-state index in [1.54, 1.807) is 12.1 Å². The maximum Gasteiger partial charge on any atom is 0.301 e. The third-order valence-electron chi connectivity index (χ3n) is 4.06. The van der Waals surface area contributed by atoms with Crippen molar-refractivity contribution >= 4 is 55.1 Å². The van der Waals surface area contributed by atoms with Crippen molar-refractivity contribution in [1.29, 1.82) is 0 Å². The topological polar surface area (TPSA) is 120 Å². The molecule has 0 spiro atoms. The number of benzene rings is 3. The Bertz CT molecular complexity index is 1150. The summed E-state index contributed by atoms with van der Waals surface area (Å²) >= 11 is 6.78. The van der Waals surface area contributed by atoms with Gasteiger partial charge in [0.2, 0.25) is 0 Å². The van der Waals surface area contributed by atoms with Crippen molar-refractivity contribution in [3.63, 3.8) is 0 Å². The molecule has 158 valence electrons. The molecule has 3 rings (SSSR count). The van der Waals surface area contributed by atoms with Crippen LogP contribution in [0.2, 0.25) is 0 Å². The van der Waals surface area contributed by atoms with Crippen LogP contribution in [0.4, 0.5) is 17.1 Å². The maximum atomic E-state index is 11.2. The van der Waals surface area contributed by atoms with Gasteiger partial charge in [-0.15, -0.1) is 0 Å². The first-order valence-electron chi connectivity index (χ1n) is 8.72. The van der Waals surface area contributed by atoms with Gasteiger partial charge in [-0.3, -0.25) is 25.7 Å². The molecule has 0 saturated carbocycles. The number of nitrogens with one attached hydrogen (secondary N) is 1. The van der Waals surface area contributed by atoms with Gasteiger partial charge in [0.1, 0.15) is 18.0 Å². The van der Waals surface area contributed by atoms with E-state index in [1.807, 2.05) is 30.3 Å². The van der Waals surface area contributed by atoms with Crippen molar-refractivity contribution in [2.24, 2.45) is 5.10 Å². The second-order valence-corrected chi connectivity index (χ2v) is 8.01. The van der Waals surface area contributed by atoms with Crippen LogP contribution >= 0.6 is 31.9 Å². The summed E-state index contributed by atoms with van der Waals surface area (Å²) in [6.07, 6.45) is 1.45. The molecule has 0 bridgehead atoms. The quantitative estimate of drug-likeness (QED) is 0.207. The molecule has 0 fully saturated rings. The summed E-state index contributed by atoms with van der Waals surface area (Å²) in [6, 6.07) is 16.4. The van der Waals surface area contributed by atoms with Crippen LogP contribution < -0.4 is 10.2 Å². The van der Waals surface area contributed by atoms with Crippen molar-refractivity contribution in [3.8, 4) is 5.75 Å². The fraction of sp³-hybridized carbons (Fsp3) is 0.0500. The lowest BCUT2D eigenvalue weighted by molar-refractivity contribution is -0.393. The molecule has 0 radical (unpaired) electrons. The van der Waals surface area contributed by atoms with Crippen LogP contribution in [0.1, 0.15) is 11.1 Å². The Labute approximate surface area is 193 Å². The SMILES string of the molecule is O=[N+]([O-])c1ccc(N/N=C/c2cc(Br)ccc2OCc2ccc(Br)cc2)c([N+](=O)[O-])c1. The van der Waals surface area contributed by atoms with Gasteiger partial charge in [-0.25, -0.2) is 0 Å². The number of nitro groups is 2. The number of nitrogens with zero attached hydrogens (tertiary/aromatic N) is 3. The molecule has 31 heavy (non-hydrogen) atoms. The molecule has 0 heterocycles. The molecular weight excluding hydrogens is 536 g/mol. The lowest BCUT2D eigenvalue weighted by Crippen LogP contribution is -2.00. The number of anilines is 1. The molecule has 9 nitrogen and oxygen atoms in total. The number of hydrogen-bond donors (Lipinski definition) is 1. The molecule has 1 N–H and O–H groups in total. The molecule has 11 heteroatoms. The predicted octanol–water partition coefficient (Wildman–Crippen LogP) is 6.05. The van der Waals surface area contributed by atoms with E-state index in [-0.39, 0.29) is 11.4 Å². The van der Waals surface area contributed by atoms with Gasteiger partial charge in [-0.2, -0.15) is 5.10 Å². The van der Waals surface area contributed by atoms with Gasteiger partial charge in [0.05, 0.1) is 22.1 Å². The number of ether oxygens (including phenoxy) is 1. The monoisotopic (exact) mass is 548 g/mol. The molecule has 0 aliphatic heterocycles. The molecule has 0 amide bonds. The Kier molecular flexibility index (Phi) is 7.32. The van der Waals surface area contributed by atoms with Crippen molar-refractivity contribution < 1.29 is 14.6 Å². The zero-order valence-corrected chi connectivity index (χ0v) is 18.9. The highest BCUT2D eigenvalue weighted by atomic mass is 79.9. The molecule has 3 aromatic carbocycles. The number of rotatable bonds is 8. The van der Waals surface area contributed by atoms with Gasteiger partial charge in [0.25, 0.3) is 5.69 Å². The Hall–Kier alpha value is -3.31. The molecule has 3 aromatic rings. The van der Waals surface area contributed by atoms with E-state index < -0.39 is 15.5 Å². The van der Waals surface area contributed by atoms with E-state index in [2.05, 4.69) is 42.4 Å². The summed E-state index contributed by atoms with van der Waals surface area (Å²) in [5.74, 6) is 0.565. The highest BCUT2D eigenvalue weighted by Gasteiger charge is 2.19. The highest BCUT2D eigenvalue weighted by Crippen LogP contribution is 2.29. The normalized spacial score (nSPS) is 10.8. The summed E-state index contributed by atoms with van der Waals surface area (Å²) in [4.78, 5) is 20.7. The number of halogens is 2. The average Bonchev–Trinajstić information content (AvgIpc) is 2.74. The third-order valence-corrected chi connectivity index (χ3v) is 5.08. The van der Waals surface area contributed by atoms with Crippen LogP contribution in [0.5, 0.6) is 5.75 Å². The lowest BCUT2D eigenvalue weighted by Gasteiger charge is -2.10. The molecule has 0 saturated heterocycles. The van der Waals surface area contributed by atoms with E-state index in [0.29, 0.717) is 17.9 Å². The number of hydrogen-bond acceptors (Lipinski definition) is 7. The Balaban J connectivity index is 1.77.